The predicted octanol–water partition coefficient (Wildman–Crippen LogP) is -0.109. The summed E-state index contributed by atoms with van der Waals surface area (Å²) in [5.74, 6) is -3.46. The molecule has 0 aromatic rings. The molecule has 0 saturated heterocycles. The van der Waals surface area contributed by atoms with Crippen LogP contribution in [0.15, 0.2) is 0 Å². The van der Waals surface area contributed by atoms with Gasteiger partial charge in [-0.2, -0.15) is 13.2 Å². The van der Waals surface area contributed by atoms with Gasteiger partial charge >= 0.3 is 12.1 Å². The lowest BCUT2D eigenvalue weighted by Gasteiger charge is -2.20. The highest BCUT2D eigenvalue weighted by Gasteiger charge is 2.43. The molecule has 88 valence electrons. The van der Waals surface area contributed by atoms with E-state index >= 15 is 0 Å². The van der Waals surface area contributed by atoms with Crippen molar-refractivity contribution in [2.45, 2.75) is 25.1 Å². The molecular weight excluding hydrogens is 219 g/mol. The van der Waals surface area contributed by atoms with Gasteiger partial charge in [-0.1, -0.05) is 6.92 Å². The number of hydrogen-bond donors (Lipinski definition) is 3. The van der Waals surface area contributed by atoms with Crippen molar-refractivity contribution >= 4 is 11.9 Å². The molecule has 0 heterocycles. The molecule has 1 atom stereocenters. The van der Waals surface area contributed by atoms with E-state index in [4.69, 9.17) is 5.11 Å². The number of nitrogens with one attached hydrogen (secondary N) is 1. The Morgan fingerprint density at radius 3 is 2.07 bits per heavy atom. The summed E-state index contributed by atoms with van der Waals surface area (Å²) in [6.45, 7) is -0.511. The van der Waals surface area contributed by atoms with E-state index < -0.39 is 36.6 Å². The first kappa shape index (κ1) is 13.7. The van der Waals surface area contributed by atoms with Crippen LogP contribution in [0.4, 0.5) is 13.2 Å². The zero-order valence-electron chi connectivity index (χ0n) is 7.76. The van der Waals surface area contributed by atoms with Crippen LogP contribution in [-0.4, -0.2) is 40.4 Å². The number of aliphatic carboxylic acids is 1. The highest BCUT2D eigenvalue weighted by atomic mass is 19.4. The molecule has 0 bridgehead atoms. The first-order valence-corrected chi connectivity index (χ1v) is 3.94. The van der Waals surface area contributed by atoms with Gasteiger partial charge in [0, 0.05) is 0 Å². The lowest BCUT2D eigenvalue weighted by Crippen LogP contribution is -2.53. The van der Waals surface area contributed by atoms with Crippen LogP contribution in [0.5, 0.6) is 0 Å². The Hall–Kier alpha value is -1.31. The van der Waals surface area contributed by atoms with E-state index in [9.17, 15) is 27.9 Å². The predicted molar refractivity (Wildman–Crippen MR) is 41.9 cm³/mol. The lowest BCUT2D eigenvalue weighted by atomic mass is 10.0. The molecule has 0 aliphatic rings. The third-order valence-corrected chi connectivity index (χ3v) is 1.69. The molecule has 0 radical (unpaired) electrons. The van der Waals surface area contributed by atoms with Crippen LogP contribution >= 0.6 is 0 Å². The fourth-order valence-corrected chi connectivity index (χ4v) is 0.736. The molecule has 0 aliphatic heterocycles. The molecule has 0 spiro atoms. The summed E-state index contributed by atoms with van der Waals surface area (Å²) in [7, 11) is 0. The number of carboxylic acid groups (broad SMARTS) is 1. The Labute approximate surface area is 82.9 Å². The van der Waals surface area contributed by atoms with Crippen molar-refractivity contribution in [1.29, 1.82) is 0 Å². The second-order valence-corrected chi connectivity index (χ2v) is 2.82. The Bertz CT molecular complexity index is 265. The molecule has 1 unspecified atom stereocenters. The molecule has 3 N–H and O–H groups in total. The summed E-state index contributed by atoms with van der Waals surface area (Å²) in [4.78, 5) is 21.4. The second kappa shape index (κ2) is 4.47. The number of hydrogen-bond acceptors (Lipinski definition) is 3. The average molecular weight is 229 g/mol. The first-order chi connectivity index (χ1) is 6.63. The van der Waals surface area contributed by atoms with E-state index in [-0.39, 0.29) is 0 Å². The van der Waals surface area contributed by atoms with Crippen molar-refractivity contribution in [2.75, 3.05) is 6.54 Å². The number of carbonyl (C=O) groups excluding carboxylic acids is 1. The number of carbonyl (C=O) groups is 2. The fourth-order valence-electron chi connectivity index (χ4n) is 0.736. The van der Waals surface area contributed by atoms with E-state index in [0.717, 1.165) is 0 Å². The maximum absolute atomic E-state index is 11.7. The van der Waals surface area contributed by atoms with Crippen LogP contribution in [0.3, 0.4) is 0 Å². The molecule has 0 saturated carbocycles. The minimum atomic E-state index is -4.65. The largest absolute Gasteiger partial charge is 0.479 e. The molecule has 15 heavy (non-hydrogen) atoms. The van der Waals surface area contributed by atoms with Crippen molar-refractivity contribution in [2.24, 2.45) is 0 Å². The van der Waals surface area contributed by atoms with Crippen LogP contribution in [0.25, 0.3) is 0 Å². The number of rotatable bonds is 4. The van der Waals surface area contributed by atoms with Gasteiger partial charge in [-0.05, 0) is 6.42 Å². The van der Waals surface area contributed by atoms with Gasteiger partial charge in [0.25, 0.3) is 5.91 Å². The zero-order chi connectivity index (χ0) is 12.3. The van der Waals surface area contributed by atoms with Crippen molar-refractivity contribution in [1.82, 2.24) is 5.32 Å². The van der Waals surface area contributed by atoms with Crippen LogP contribution in [0, 0.1) is 0 Å². The molecule has 0 aromatic carbocycles. The highest BCUT2D eigenvalue weighted by Crippen LogP contribution is 2.14. The number of carboxylic acids is 1. The Morgan fingerprint density at radius 2 is 1.80 bits per heavy atom. The molecule has 0 aliphatic carbocycles. The van der Waals surface area contributed by atoms with Gasteiger partial charge in [0.15, 0.2) is 0 Å². The molecule has 5 nitrogen and oxygen atoms in total. The topological polar surface area (TPSA) is 86.6 Å². The van der Waals surface area contributed by atoms with Gasteiger partial charge in [-0.3, -0.25) is 4.79 Å². The van der Waals surface area contributed by atoms with Gasteiger partial charge in [0.1, 0.15) is 6.54 Å². The van der Waals surface area contributed by atoms with E-state index in [2.05, 4.69) is 0 Å². The van der Waals surface area contributed by atoms with E-state index in [1.807, 2.05) is 0 Å². The van der Waals surface area contributed by atoms with Crippen molar-refractivity contribution in [3.05, 3.63) is 0 Å². The molecular formula is C7H10F3NO4. The van der Waals surface area contributed by atoms with E-state index in [0.29, 0.717) is 0 Å². The summed E-state index contributed by atoms with van der Waals surface area (Å²) < 4.78 is 35.0. The Morgan fingerprint density at radius 1 is 1.33 bits per heavy atom. The quantitative estimate of drug-likeness (QED) is 0.587. The zero-order valence-corrected chi connectivity index (χ0v) is 7.76. The number of halogens is 3. The van der Waals surface area contributed by atoms with Crippen LogP contribution < -0.4 is 5.32 Å². The smallest absolute Gasteiger partial charge is 0.405 e. The molecule has 8 heteroatoms. The second-order valence-electron chi connectivity index (χ2n) is 2.82. The highest BCUT2D eigenvalue weighted by molar-refractivity contribution is 6.04. The number of alkyl halides is 3. The summed E-state index contributed by atoms with van der Waals surface area (Å²) in [5, 5.41) is 18.9. The third kappa shape index (κ3) is 3.74. The van der Waals surface area contributed by atoms with E-state index in [1.165, 1.54) is 12.2 Å². The van der Waals surface area contributed by atoms with Crippen molar-refractivity contribution < 1.29 is 33.0 Å². The molecule has 0 fully saturated rings. The van der Waals surface area contributed by atoms with Crippen LogP contribution in [-0.2, 0) is 9.59 Å². The molecule has 1 amide bonds. The Kier molecular flexibility index (Phi) is 4.08. The first-order valence-electron chi connectivity index (χ1n) is 3.94. The summed E-state index contributed by atoms with van der Waals surface area (Å²) in [6, 6.07) is 0. The average Bonchev–Trinajstić information content (AvgIpc) is 2.11. The SMILES string of the molecule is CCC(O)(C(=O)O)C(=O)NCC(F)(F)F. The van der Waals surface area contributed by atoms with Crippen LogP contribution in [0.2, 0.25) is 0 Å². The van der Waals surface area contributed by atoms with Crippen LogP contribution in [0.1, 0.15) is 13.3 Å². The minimum absolute atomic E-state index is 0.522. The molecule has 0 aromatic heterocycles. The van der Waals surface area contributed by atoms with Gasteiger partial charge in [0.2, 0.25) is 5.60 Å². The number of aliphatic hydroxyl groups is 1. The molecule has 0 rings (SSSR count). The van der Waals surface area contributed by atoms with Gasteiger partial charge < -0.3 is 15.5 Å². The normalized spacial score (nSPS) is 15.5. The third-order valence-electron chi connectivity index (χ3n) is 1.69. The fraction of sp³-hybridized carbons (Fsp3) is 0.714. The maximum atomic E-state index is 11.7. The van der Waals surface area contributed by atoms with Gasteiger partial charge in [-0.25, -0.2) is 4.79 Å². The Balaban J connectivity index is 4.50. The number of amides is 1. The van der Waals surface area contributed by atoms with Crippen molar-refractivity contribution in [3.8, 4) is 0 Å². The summed E-state index contributed by atoms with van der Waals surface area (Å²) in [5.41, 5.74) is -2.81. The monoisotopic (exact) mass is 229 g/mol. The van der Waals surface area contributed by atoms with Gasteiger partial charge in [-0.15, -0.1) is 0 Å². The lowest BCUT2D eigenvalue weighted by molar-refractivity contribution is -0.169. The van der Waals surface area contributed by atoms with E-state index in [1.54, 1.807) is 0 Å². The van der Waals surface area contributed by atoms with Gasteiger partial charge in [0.05, 0.1) is 0 Å². The van der Waals surface area contributed by atoms with Crippen molar-refractivity contribution in [3.63, 3.8) is 0 Å². The summed E-state index contributed by atoms with van der Waals surface area (Å²) >= 11 is 0. The summed E-state index contributed by atoms with van der Waals surface area (Å²) in [6.07, 6.45) is -5.17. The standard InChI is InChI=1S/C7H10F3NO4/c1-2-6(15,5(13)14)4(12)11-3-7(8,9)10/h15H,2-3H2,1H3,(H,11,12)(H,13,14). The minimum Gasteiger partial charge on any atom is -0.479 e. The maximum Gasteiger partial charge on any atom is 0.405 e.